The van der Waals surface area contributed by atoms with E-state index >= 15 is 0 Å². The molecule has 0 aromatic carbocycles. The summed E-state index contributed by atoms with van der Waals surface area (Å²) in [6.45, 7) is 9.45. The van der Waals surface area contributed by atoms with Crippen LogP contribution in [0.15, 0.2) is 23.3 Å². The second-order valence-electron chi connectivity index (χ2n) is 12.8. The molecule has 4 fully saturated rings. The van der Waals surface area contributed by atoms with Gasteiger partial charge in [0.25, 0.3) is 0 Å². The first-order chi connectivity index (χ1) is 16.3. The maximum Gasteiger partial charge on any atom is 0.333 e. The number of cyclic esters (lactones) is 1. The summed E-state index contributed by atoms with van der Waals surface area (Å²) < 4.78 is 11.9. The van der Waals surface area contributed by atoms with Crippen LogP contribution in [0.2, 0.25) is 0 Å². The Kier molecular flexibility index (Phi) is 4.67. The van der Waals surface area contributed by atoms with Gasteiger partial charge in [-0.1, -0.05) is 25.5 Å². The number of epoxide rings is 1. The van der Waals surface area contributed by atoms with Crippen molar-refractivity contribution >= 4 is 11.8 Å². The molecule has 2 heterocycles. The van der Waals surface area contributed by atoms with Crippen molar-refractivity contribution < 1.29 is 34.4 Å². The van der Waals surface area contributed by atoms with E-state index in [1.807, 2.05) is 27.7 Å². The zero-order valence-corrected chi connectivity index (χ0v) is 21.3. The van der Waals surface area contributed by atoms with E-state index in [0.717, 1.165) is 5.57 Å². The van der Waals surface area contributed by atoms with E-state index in [-0.39, 0.29) is 35.6 Å². The molecule has 1 saturated heterocycles. The van der Waals surface area contributed by atoms with Gasteiger partial charge in [-0.3, -0.25) is 4.79 Å². The molecule has 11 unspecified atom stereocenters. The van der Waals surface area contributed by atoms with Crippen LogP contribution in [0.3, 0.4) is 0 Å². The fourth-order valence-corrected chi connectivity index (χ4v) is 9.23. The van der Waals surface area contributed by atoms with E-state index < -0.39 is 39.8 Å². The van der Waals surface area contributed by atoms with E-state index in [1.54, 1.807) is 19.1 Å². The van der Waals surface area contributed by atoms with Gasteiger partial charge in [0.15, 0.2) is 5.78 Å². The van der Waals surface area contributed by atoms with Crippen LogP contribution in [-0.4, -0.2) is 62.2 Å². The first kappa shape index (κ1) is 23.8. The summed E-state index contributed by atoms with van der Waals surface area (Å²) in [5.74, 6) is -1.42. The predicted molar refractivity (Wildman–Crippen MR) is 126 cm³/mol. The number of hydrogen-bond donors (Lipinski definition) is 3. The second kappa shape index (κ2) is 6.85. The lowest BCUT2D eigenvalue weighted by atomic mass is 9.41. The van der Waals surface area contributed by atoms with Crippen LogP contribution >= 0.6 is 0 Å². The monoisotopic (exact) mass is 486 g/mol. The SMILES string of the molecule is CC1=C(C)C(=O)OC(C(C)C2(O)CCC3(O)C4C5OC5C5(O)CC=CC(=O)C5(C)C4CCC23C)C1. The molecular formula is C28H38O7. The Balaban J connectivity index is 1.38. The molecule has 7 nitrogen and oxygen atoms in total. The largest absolute Gasteiger partial charge is 0.458 e. The van der Waals surface area contributed by atoms with Crippen LogP contribution in [0.4, 0.5) is 0 Å². The Morgan fingerprint density at radius 2 is 1.77 bits per heavy atom. The summed E-state index contributed by atoms with van der Waals surface area (Å²) in [6, 6.07) is 0. The summed E-state index contributed by atoms with van der Waals surface area (Å²) in [5.41, 5.74) is -4.08. The Morgan fingerprint density at radius 1 is 1.06 bits per heavy atom. The number of allylic oxidation sites excluding steroid dienone is 1. The van der Waals surface area contributed by atoms with Crippen molar-refractivity contribution in [2.45, 2.75) is 108 Å². The van der Waals surface area contributed by atoms with Crippen LogP contribution in [0.25, 0.3) is 0 Å². The molecule has 0 radical (unpaired) electrons. The number of aliphatic hydroxyl groups is 3. The third-order valence-electron chi connectivity index (χ3n) is 12.0. The van der Waals surface area contributed by atoms with Crippen LogP contribution in [0, 0.1) is 28.6 Å². The minimum absolute atomic E-state index is 0.101. The molecule has 35 heavy (non-hydrogen) atoms. The van der Waals surface area contributed by atoms with Gasteiger partial charge in [-0.2, -0.15) is 0 Å². The van der Waals surface area contributed by atoms with Crippen molar-refractivity contribution in [2.24, 2.45) is 28.6 Å². The maximum atomic E-state index is 13.3. The molecule has 11 atom stereocenters. The average Bonchev–Trinajstić information content (AvgIpc) is 3.57. The summed E-state index contributed by atoms with van der Waals surface area (Å²) in [6.07, 6.45) is 4.85. The van der Waals surface area contributed by atoms with Gasteiger partial charge >= 0.3 is 5.97 Å². The highest BCUT2D eigenvalue weighted by atomic mass is 16.6. The molecule has 0 aromatic rings. The Hall–Kier alpha value is -1.54. The highest BCUT2D eigenvalue weighted by molar-refractivity contribution is 5.97. The van der Waals surface area contributed by atoms with E-state index in [4.69, 9.17) is 9.47 Å². The molecule has 7 heteroatoms. The van der Waals surface area contributed by atoms with Gasteiger partial charge in [-0.05, 0) is 64.9 Å². The molecule has 6 rings (SSSR count). The first-order valence-corrected chi connectivity index (χ1v) is 13.2. The van der Waals surface area contributed by atoms with Gasteiger partial charge in [0.05, 0.1) is 22.7 Å². The molecule has 6 aliphatic rings. The molecule has 3 saturated carbocycles. The second-order valence-corrected chi connectivity index (χ2v) is 12.8. The number of carbonyl (C=O) groups is 2. The third kappa shape index (κ3) is 2.51. The lowest BCUT2D eigenvalue weighted by Crippen LogP contribution is -2.73. The number of hydrogen-bond acceptors (Lipinski definition) is 7. The number of ketones is 1. The van der Waals surface area contributed by atoms with E-state index in [1.165, 1.54) is 0 Å². The average molecular weight is 487 g/mol. The summed E-state index contributed by atoms with van der Waals surface area (Å²) in [5, 5.41) is 36.5. The predicted octanol–water partition coefficient (Wildman–Crippen LogP) is 2.61. The summed E-state index contributed by atoms with van der Waals surface area (Å²) in [4.78, 5) is 25.7. The minimum Gasteiger partial charge on any atom is -0.458 e. The first-order valence-electron chi connectivity index (χ1n) is 13.2. The highest BCUT2D eigenvalue weighted by Crippen LogP contribution is 2.73. The van der Waals surface area contributed by atoms with Crippen molar-refractivity contribution in [3.8, 4) is 0 Å². The lowest BCUT2D eigenvalue weighted by molar-refractivity contribution is -0.253. The Labute approximate surface area is 206 Å². The standard InChI is InChI=1S/C28H38O7/c1-14-13-18(34-23(30)15(14)2)16(3)26(31)11-12-27(32)20-17(8-10-24(26,27)4)25(5)19(29)7-6-9-28(25,33)22-21(20)35-22/h6-7,16-18,20-22,31-33H,8-13H2,1-5H3. The highest BCUT2D eigenvalue weighted by Gasteiger charge is 2.82. The normalized spacial score (nSPS) is 55.5. The van der Waals surface area contributed by atoms with E-state index in [0.29, 0.717) is 44.1 Å². The molecule has 0 amide bonds. The van der Waals surface area contributed by atoms with Gasteiger partial charge < -0.3 is 24.8 Å². The molecule has 2 aliphatic heterocycles. The number of ether oxygens (including phenoxy) is 2. The smallest absolute Gasteiger partial charge is 0.333 e. The molecule has 0 spiro atoms. The number of carbonyl (C=O) groups excluding carboxylic acids is 2. The maximum absolute atomic E-state index is 13.3. The Bertz CT molecular complexity index is 1080. The van der Waals surface area contributed by atoms with Crippen LogP contribution < -0.4 is 0 Å². The fraction of sp³-hybridized carbons (Fsp3) is 0.786. The lowest BCUT2D eigenvalue weighted by Gasteiger charge is -2.63. The fourth-order valence-electron chi connectivity index (χ4n) is 9.23. The number of esters is 1. The van der Waals surface area contributed by atoms with Crippen molar-refractivity contribution in [2.75, 3.05) is 0 Å². The van der Waals surface area contributed by atoms with Crippen molar-refractivity contribution in [3.63, 3.8) is 0 Å². The van der Waals surface area contributed by atoms with Crippen LogP contribution in [0.5, 0.6) is 0 Å². The molecule has 0 aromatic heterocycles. The van der Waals surface area contributed by atoms with E-state index in [2.05, 4.69) is 0 Å². The molecule has 3 N–H and O–H groups in total. The summed E-state index contributed by atoms with van der Waals surface area (Å²) >= 11 is 0. The van der Waals surface area contributed by atoms with Crippen molar-refractivity contribution in [1.82, 2.24) is 0 Å². The van der Waals surface area contributed by atoms with Crippen molar-refractivity contribution in [1.29, 1.82) is 0 Å². The van der Waals surface area contributed by atoms with Gasteiger partial charge in [0, 0.05) is 29.2 Å². The van der Waals surface area contributed by atoms with Crippen LogP contribution in [-0.2, 0) is 19.1 Å². The zero-order chi connectivity index (χ0) is 25.3. The van der Waals surface area contributed by atoms with Gasteiger partial charge in [0.1, 0.15) is 17.8 Å². The van der Waals surface area contributed by atoms with Gasteiger partial charge in [0.2, 0.25) is 0 Å². The summed E-state index contributed by atoms with van der Waals surface area (Å²) in [7, 11) is 0. The molecule has 4 aliphatic carbocycles. The molecule has 0 bridgehead atoms. The molecule has 192 valence electrons. The zero-order valence-electron chi connectivity index (χ0n) is 21.3. The molecular weight excluding hydrogens is 448 g/mol. The van der Waals surface area contributed by atoms with Gasteiger partial charge in [-0.15, -0.1) is 0 Å². The van der Waals surface area contributed by atoms with Gasteiger partial charge in [-0.25, -0.2) is 4.79 Å². The van der Waals surface area contributed by atoms with E-state index in [9.17, 15) is 24.9 Å². The quantitative estimate of drug-likeness (QED) is 0.406. The van der Waals surface area contributed by atoms with Crippen LogP contribution in [0.1, 0.15) is 73.1 Å². The third-order valence-corrected chi connectivity index (χ3v) is 12.0. The van der Waals surface area contributed by atoms with Crippen molar-refractivity contribution in [3.05, 3.63) is 23.3 Å². The minimum atomic E-state index is -1.27. The number of fused-ring (bicyclic) bond motifs is 8. The Morgan fingerprint density at radius 3 is 2.46 bits per heavy atom. The number of rotatable bonds is 2. The topological polar surface area (TPSA) is 117 Å².